The monoisotopic (exact) mass is 242 g/mol. The average molecular weight is 243 g/mol. The first kappa shape index (κ1) is 10.3. The third kappa shape index (κ3) is 2.88. The Morgan fingerprint density at radius 3 is 2.53 bits per heavy atom. The van der Waals surface area contributed by atoms with Crippen molar-refractivity contribution < 1.29 is 4.42 Å². The van der Waals surface area contributed by atoms with Gasteiger partial charge in [0.2, 0.25) is 0 Å². The van der Waals surface area contributed by atoms with Crippen molar-refractivity contribution in [3.05, 3.63) is 46.6 Å². The van der Waals surface area contributed by atoms with Crippen molar-refractivity contribution in [3.8, 4) is 0 Å². The summed E-state index contributed by atoms with van der Waals surface area (Å²) in [4.78, 5) is 3.81. The summed E-state index contributed by atoms with van der Waals surface area (Å²) in [5.74, 6) is 0.756. The number of halogens is 2. The van der Waals surface area contributed by atoms with E-state index in [1.165, 1.54) is 6.39 Å². The van der Waals surface area contributed by atoms with Crippen molar-refractivity contribution in [1.82, 2.24) is 4.98 Å². The molecule has 0 bridgehead atoms. The van der Waals surface area contributed by atoms with Gasteiger partial charge in [0.15, 0.2) is 6.39 Å². The van der Waals surface area contributed by atoms with Crippen LogP contribution in [-0.2, 0) is 6.54 Å². The molecule has 1 aromatic carbocycles. The van der Waals surface area contributed by atoms with E-state index >= 15 is 0 Å². The van der Waals surface area contributed by atoms with Crippen molar-refractivity contribution in [2.24, 2.45) is 0 Å². The van der Waals surface area contributed by atoms with Crippen LogP contribution in [0.1, 0.15) is 5.76 Å². The van der Waals surface area contributed by atoms with E-state index in [0.29, 0.717) is 16.6 Å². The fourth-order valence-electron chi connectivity index (χ4n) is 1.17. The molecule has 1 aromatic heterocycles. The summed E-state index contributed by atoms with van der Waals surface area (Å²) in [6.45, 7) is 0.552. The van der Waals surface area contributed by atoms with Crippen molar-refractivity contribution in [3.63, 3.8) is 0 Å². The van der Waals surface area contributed by atoms with Crippen molar-refractivity contribution in [2.75, 3.05) is 5.32 Å². The number of anilines is 1. The quantitative estimate of drug-likeness (QED) is 0.894. The topological polar surface area (TPSA) is 38.1 Å². The zero-order valence-electron chi connectivity index (χ0n) is 7.71. The Morgan fingerprint density at radius 2 is 1.93 bits per heavy atom. The SMILES string of the molecule is Clc1cc(Cl)cc(NCc2cnco2)c1. The van der Waals surface area contributed by atoms with Crippen LogP contribution in [0.2, 0.25) is 10.0 Å². The first-order chi connectivity index (χ1) is 7.24. The molecule has 0 unspecified atom stereocenters. The van der Waals surface area contributed by atoms with Crippen LogP contribution >= 0.6 is 23.2 Å². The molecule has 78 valence electrons. The van der Waals surface area contributed by atoms with Crippen LogP contribution < -0.4 is 5.32 Å². The minimum absolute atomic E-state index is 0.552. The highest BCUT2D eigenvalue weighted by Crippen LogP contribution is 2.22. The van der Waals surface area contributed by atoms with Gasteiger partial charge < -0.3 is 9.73 Å². The van der Waals surface area contributed by atoms with E-state index in [0.717, 1.165) is 11.4 Å². The van der Waals surface area contributed by atoms with E-state index in [-0.39, 0.29) is 0 Å². The molecule has 0 fully saturated rings. The highest BCUT2D eigenvalue weighted by Gasteiger charge is 1.99. The van der Waals surface area contributed by atoms with E-state index in [4.69, 9.17) is 27.6 Å². The molecule has 1 N–H and O–H groups in total. The Bertz CT molecular complexity index is 422. The van der Waals surface area contributed by atoms with Crippen molar-refractivity contribution >= 4 is 28.9 Å². The fraction of sp³-hybridized carbons (Fsp3) is 0.100. The largest absolute Gasteiger partial charge is 0.447 e. The van der Waals surface area contributed by atoms with Gasteiger partial charge >= 0.3 is 0 Å². The lowest BCUT2D eigenvalue weighted by Crippen LogP contribution is -1.97. The summed E-state index contributed by atoms with van der Waals surface area (Å²) in [6.07, 6.45) is 3.04. The number of oxazole rings is 1. The van der Waals surface area contributed by atoms with Crippen LogP contribution in [0, 0.1) is 0 Å². The summed E-state index contributed by atoms with van der Waals surface area (Å²) < 4.78 is 5.08. The second kappa shape index (κ2) is 4.55. The highest BCUT2D eigenvalue weighted by atomic mass is 35.5. The molecule has 2 rings (SSSR count). The maximum absolute atomic E-state index is 5.85. The maximum atomic E-state index is 5.85. The number of nitrogens with zero attached hydrogens (tertiary/aromatic N) is 1. The number of nitrogens with one attached hydrogen (secondary N) is 1. The third-order valence-corrected chi connectivity index (χ3v) is 2.25. The van der Waals surface area contributed by atoms with Crippen molar-refractivity contribution in [1.29, 1.82) is 0 Å². The second-order valence-corrected chi connectivity index (χ2v) is 3.85. The number of hydrogen-bond acceptors (Lipinski definition) is 3. The predicted molar refractivity (Wildman–Crippen MR) is 60.3 cm³/mol. The summed E-state index contributed by atoms with van der Waals surface area (Å²) in [5.41, 5.74) is 0.851. The molecule has 0 aliphatic rings. The van der Waals surface area contributed by atoms with Crippen molar-refractivity contribution in [2.45, 2.75) is 6.54 Å². The van der Waals surface area contributed by atoms with E-state index in [1.807, 2.05) is 0 Å². The van der Waals surface area contributed by atoms with Gasteiger partial charge in [-0.05, 0) is 18.2 Å². The fourth-order valence-corrected chi connectivity index (χ4v) is 1.70. The predicted octanol–water partition coefficient (Wildman–Crippen LogP) is 3.59. The minimum Gasteiger partial charge on any atom is -0.447 e. The molecule has 0 aliphatic heterocycles. The molecule has 15 heavy (non-hydrogen) atoms. The number of benzene rings is 1. The average Bonchev–Trinajstić information content (AvgIpc) is 2.65. The number of aromatic nitrogens is 1. The molecular formula is C10H8Cl2N2O. The first-order valence-electron chi connectivity index (χ1n) is 4.31. The van der Waals surface area contributed by atoms with E-state index in [1.54, 1.807) is 24.4 Å². The summed E-state index contributed by atoms with van der Waals surface area (Å²) in [7, 11) is 0. The Balaban J connectivity index is 2.05. The normalized spacial score (nSPS) is 10.3. The Kier molecular flexibility index (Phi) is 3.14. The van der Waals surface area contributed by atoms with Gasteiger partial charge in [0, 0.05) is 15.7 Å². The molecule has 1 heterocycles. The summed E-state index contributed by atoms with van der Waals surface area (Å²) in [5, 5.41) is 4.33. The molecule has 0 aliphatic carbocycles. The number of rotatable bonds is 3. The molecule has 0 saturated carbocycles. The molecule has 3 nitrogen and oxygen atoms in total. The third-order valence-electron chi connectivity index (χ3n) is 1.81. The molecular weight excluding hydrogens is 235 g/mol. The van der Waals surface area contributed by atoms with Gasteiger partial charge in [-0.3, -0.25) is 0 Å². The first-order valence-corrected chi connectivity index (χ1v) is 5.07. The lowest BCUT2D eigenvalue weighted by molar-refractivity contribution is 0.512. The summed E-state index contributed by atoms with van der Waals surface area (Å²) >= 11 is 11.7. The van der Waals surface area contributed by atoms with Gasteiger partial charge in [-0.2, -0.15) is 0 Å². The van der Waals surface area contributed by atoms with E-state index in [2.05, 4.69) is 10.3 Å². The molecule has 0 spiro atoms. The molecule has 2 aromatic rings. The maximum Gasteiger partial charge on any atom is 0.180 e. The lowest BCUT2D eigenvalue weighted by Gasteiger charge is -2.05. The Hall–Kier alpha value is -1.19. The molecule has 0 saturated heterocycles. The molecule has 0 atom stereocenters. The molecule has 5 heteroatoms. The van der Waals surface area contributed by atoms with Crippen LogP contribution in [0.3, 0.4) is 0 Å². The highest BCUT2D eigenvalue weighted by molar-refractivity contribution is 6.35. The van der Waals surface area contributed by atoms with Gasteiger partial charge in [0.25, 0.3) is 0 Å². The van der Waals surface area contributed by atoms with E-state index < -0.39 is 0 Å². The summed E-state index contributed by atoms with van der Waals surface area (Å²) in [6, 6.07) is 5.27. The molecule has 0 radical (unpaired) electrons. The van der Waals surface area contributed by atoms with Gasteiger partial charge in [0.05, 0.1) is 12.7 Å². The standard InChI is InChI=1S/C10H8Cl2N2O/c11-7-1-8(12)3-9(2-7)14-5-10-4-13-6-15-10/h1-4,6,14H,5H2. The zero-order chi connectivity index (χ0) is 10.7. The van der Waals surface area contributed by atoms with Crippen LogP contribution in [0.25, 0.3) is 0 Å². The Labute approximate surface area is 97.0 Å². The molecule has 0 amide bonds. The van der Waals surface area contributed by atoms with Crippen LogP contribution in [0.15, 0.2) is 35.2 Å². The van der Waals surface area contributed by atoms with Crippen LogP contribution in [-0.4, -0.2) is 4.98 Å². The minimum atomic E-state index is 0.552. The van der Waals surface area contributed by atoms with Crippen LogP contribution in [0.4, 0.5) is 5.69 Å². The van der Waals surface area contributed by atoms with Gasteiger partial charge in [-0.15, -0.1) is 0 Å². The second-order valence-electron chi connectivity index (χ2n) is 2.98. The number of hydrogen-bond donors (Lipinski definition) is 1. The smallest absolute Gasteiger partial charge is 0.180 e. The van der Waals surface area contributed by atoms with E-state index in [9.17, 15) is 0 Å². The van der Waals surface area contributed by atoms with Gasteiger partial charge in [-0.25, -0.2) is 4.98 Å². The Morgan fingerprint density at radius 1 is 1.20 bits per heavy atom. The zero-order valence-corrected chi connectivity index (χ0v) is 9.22. The van der Waals surface area contributed by atoms with Gasteiger partial charge in [0.1, 0.15) is 5.76 Å². The van der Waals surface area contributed by atoms with Gasteiger partial charge in [-0.1, -0.05) is 23.2 Å². The lowest BCUT2D eigenvalue weighted by atomic mass is 10.3. The van der Waals surface area contributed by atoms with Crippen LogP contribution in [0.5, 0.6) is 0 Å².